The molecule has 0 heterocycles. The Kier molecular flexibility index (Phi) is 23.5. The van der Waals surface area contributed by atoms with Crippen molar-refractivity contribution in [2.75, 3.05) is 0 Å². The van der Waals surface area contributed by atoms with Crippen LogP contribution in [0, 0.1) is 54.4 Å². The number of alkyl carbamates (subject to hydrolysis) is 1. The summed E-state index contributed by atoms with van der Waals surface area (Å²) in [6.45, 7) is 18.6. The maximum absolute atomic E-state index is 12.8. The van der Waals surface area contributed by atoms with Crippen LogP contribution in [0.1, 0.15) is 93.7 Å². The Morgan fingerprint density at radius 2 is 1.76 bits per heavy atom. The molecule has 0 spiro atoms. The third-order valence-electron chi connectivity index (χ3n) is 4.61. The SMILES string of the molecule is CC.CC.[CH2-]Oc1[c-]cc([N+](=O)[O-])c(C(C)OC(=O)NC(NC(=O)C([NH+]=CCC)=C(C)C)=C(C)CC)c1.[U+2]. The number of carbonyl (C=O) groups is 2. The minimum absolute atomic E-state index is 0. The molecule has 1 atom stereocenters. The topological polar surface area (TPSA) is 134 Å². The van der Waals surface area contributed by atoms with Gasteiger partial charge in [-0.1, -0.05) is 47.6 Å². The second-order valence-electron chi connectivity index (χ2n) is 7.31. The number of carbonyl (C=O) groups excluding carboxylic acids is 2. The number of hydrogen-bond donors (Lipinski definition) is 3. The Morgan fingerprint density at radius 1 is 1.18 bits per heavy atom. The molecule has 2 amide bonds. The van der Waals surface area contributed by atoms with Crippen LogP contribution in [0.3, 0.4) is 0 Å². The number of nitro benzene ring substituents is 1. The van der Waals surface area contributed by atoms with E-state index in [2.05, 4.69) is 28.8 Å². The van der Waals surface area contributed by atoms with Crippen LogP contribution in [-0.4, -0.2) is 23.1 Å². The van der Waals surface area contributed by atoms with Gasteiger partial charge in [-0.2, -0.15) is 7.11 Å². The molecule has 0 radical (unpaired) electrons. The Labute approximate surface area is 251 Å². The van der Waals surface area contributed by atoms with Crippen molar-refractivity contribution in [3.63, 3.8) is 0 Å². The first-order valence-electron chi connectivity index (χ1n) is 12.4. The van der Waals surface area contributed by atoms with E-state index >= 15 is 0 Å². The maximum atomic E-state index is 12.8. The summed E-state index contributed by atoms with van der Waals surface area (Å²) in [5, 5.41) is 16.6. The van der Waals surface area contributed by atoms with Crippen LogP contribution in [-0.2, 0) is 9.53 Å². The van der Waals surface area contributed by atoms with Gasteiger partial charge >= 0.3 is 43.1 Å². The Hall–Kier alpha value is -2.64. The molecule has 10 nitrogen and oxygen atoms in total. The van der Waals surface area contributed by atoms with Gasteiger partial charge in [0.05, 0.1) is 0 Å². The van der Waals surface area contributed by atoms with Gasteiger partial charge in [-0.15, -0.1) is 12.1 Å². The van der Waals surface area contributed by atoms with Gasteiger partial charge in [0.15, 0.2) is 5.69 Å². The Bertz CT molecular complexity index is 986. The molecule has 0 bridgehead atoms. The van der Waals surface area contributed by atoms with Gasteiger partial charge in [-0.05, 0) is 51.0 Å². The molecule has 1 unspecified atom stereocenters. The number of benzene rings is 1. The predicted molar refractivity (Wildman–Crippen MR) is 145 cm³/mol. The molecule has 0 aromatic heterocycles. The monoisotopic (exact) mass is 757 g/mol. The Balaban J connectivity index is -0.00000233. The molecular weight excluding hydrogens is 714 g/mol. The molecule has 38 heavy (non-hydrogen) atoms. The molecule has 0 saturated carbocycles. The van der Waals surface area contributed by atoms with Crippen molar-refractivity contribution in [2.24, 2.45) is 0 Å². The summed E-state index contributed by atoms with van der Waals surface area (Å²) >= 11 is 0. The number of hydrogen-bond acceptors (Lipinski definition) is 6. The first kappa shape index (κ1) is 39.9. The van der Waals surface area contributed by atoms with Gasteiger partial charge < -0.3 is 14.8 Å². The quantitative estimate of drug-likeness (QED) is 0.101. The third-order valence-corrected chi connectivity index (χ3v) is 4.61. The smallest absolute Gasteiger partial charge is 0.683 e. The van der Waals surface area contributed by atoms with E-state index in [0.717, 1.165) is 11.6 Å². The van der Waals surface area contributed by atoms with Crippen LogP contribution < -0.4 is 20.4 Å². The third kappa shape index (κ3) is 13.8. The summed E-state index contributed by atoms with van der Waals surface area (Å²) in [5.41, 5.74) is 1.66. The van der Waals surface area contributed by atoms with E-state index < -0.39 is 23.0 Å². The zero-order valence-electron chi connectivity index (χ0n) is 24.3. The summed E-state index contributed by atoms with van der Waals surface area (Å²) in [4.78, 5) is 39.0. The number of amides is 2. The van der Waals surface area contributed by atoms with Gasteiger partial charge in [0.1, 0.15) is 18.1 Å². The van der Waals surface area contributed by atoms with Crippen molar-refractivity contribution in [3.05, 3.63) is 63.7 Å². The van der Waals surface area contributed by atoms with E-state index in [1.54, 1.807) is 27.0 Å². The van der Waals surface area contributed by atoms with Gasteiger partial charge in [0.2, 0.25) is 0 Å². The first-order valence-corrected chi connectivity index (χ1v) is 12.4. The predicted octanol–water partition coefficient (Wildman–Crippen LogP) is 5.02. The van der Waals surface area contributed by atoms with Crippen LogP contribution in [0.25, 0.3) is 0 Å². The van der Waals surface area contributed by atoms with Crippen LogP contribution >= 0.6 is 0 Å². The molecule has 1 aromatic rings. The zero-order chi connectivity index (χ0) is 29.1. The molecule has 0 aliphatic carbocycles. The molecule has 1 rings (SSSR count). The van der Waals surface area contributed by atoms with Crippen molar-refractivity contribution < 1.29 is 60.1 Å². The fourth-order valence-corrected chi connectivity index (χ4v) is 2.64. The average molecular weight is 758 g/mol. The zero-order valence-corrected chi connectivity index (χ0v) is 28.5. The maximum Gasteiger partial charge on any atom is 2.00 e. The second kappa shape index (κ2) is 22.4. The van der Waals surface area contributed by atoms with Crippen molar-refractivity contribution in [3.8, 4) is 5.75 Å². The molecule has 0 aliphatic heterocycles. The summed E-state index contributed by atoms with van der Waals surface area (Å²) in [5.74, 6) is -0.0940. The molecule has 0 fully saturated rings. The molecular formula is C27H43N4O6U+. The van der Waals surface area contributed by atoms with E-state index in [1.165, 1.54) is 13.0 Å². The van der Waals surface area contributed by atoms with E-state index in [0.29, 0.717) is 24.1 Å². The average Bonchev–Trinajstić information content (AvgIpc) is 2.89. The van der Waals surface area contributed by atoms with Crippen molar-refractivity contribution in [2.45, 2.75) is 88.2 Å². The molecule has 1 aromatic carbocycles. The first-order chi connectivity index (χ1) is 17.5. The van der Waals surface area contributed by atoms with E-state index in [4.69, 9.17) is 9.47 Å². The summed E-state index contributed by atoms with van der Waals surface area (Å²) in [6.07, 6.45) is 1.12. The molecule has 0 aliphatic rings. The largest absolute Gasteiger partial charge is 2.00 e. The van der Waals surface area contributed by atoms with Crippen LogP contribution in [0.4, 0.5) is 10.5 Å². The van der Waals surface area contributed by atoms with Gasteiger partial charge in [-0.25, -0.2) is 9.79 Å². The van der Waals surface area contributed by atoms with Gasteiger partial charge in [-0.3, -0.25) is 20.2 Å². The minimum Gasteiger partial charge on any atom is -0.683 e. The standard InChI is InChI=1S/C23H30N4O6.2C2H6.U/c1-8-12-24-20(14(3)4)22(28)25-21(15(5)9-2)26-23(29)33-16(6)18-13-17(32-7)10-11-19(18)27(30)31;2*1-2;/h11-13,16H,7-9H2,1-6H3,(H,25,28)(H,26,29);2*1-2H3;/q-2;;;+2/p+1. The van der Waals surface area contributed by atoms with E-state index in [-0.39, 0.29) is 53.9 Å². The van der Waals surface area contributed by atoms with Crippen molar-refractivity contribution in [1.82, 2.24) is 10.6 Å². The number of nitrogens with zero attached hydrogens (tertiary/aromatic N) is 1. The van der Waals surface area contributed by atoms with E-state index in [9.17, 15) is 19.7 Å². The van der Waals surface area contributed by atoms with E-state index in [1.807, 2.05) is 41.5 Å². The fourth-order valence-electron chi connectivity index (χ4n) is 2.64. The molecule has 3 N–H and O–H groups in total. The van der Waals surface area contributed by atoms with Crippen LogP contribution in [0.5, 0.6) is 5.75 Å². The van der Waals surface area contributed by atoms with Crippen molar-refractivity contribution in [1.29, 1.82) is 0 Å². The fraction of sp³-hybridized carbons (Fsp3) is 0.481. The summed E-state index contributed by atoms with van der Waals surface area (Å²) in [6, 6.07) is 5.03. The van der Waals surface area contributed by atoms with Gasteiger partial charge in [0, 0.05) is 16.9 Å². The Morgan fingerprint density at radius 3 is 2.21 bits per heavy atom. The molecule has 210 valence electrons. The molecule has 11 heteroatoms. The minimum atomic E-state index is -0.998. The van der Waals surface area contributed by atoms with Crippen LogP contribution in [0.15, 0.2) is 34.8 Å². The summed E-state index contributed by atoms with van der Waals surface area (Å²) < 4.78 is 10.2. The van der Waals surface area contributed by atoms with Crippen molar-refractivity contribution >= 4 is 23.9 Å². The number of rotatable bonds is 10. The van der Waals surface area contributed by atoms with Crippen LogP contribution in [0.2, 0.25) is 0 Å². The number of ether oxygens (including phenoxy) is 2. The number of nitro groups is 1. The normalized spacial score (nSPS) is 11.1. The second-order valence-corrected chi connectivity index (χ2v) is 7.31. The number of nitrogens with one attached hydrogen (secondary N) is 3. The number of allylic oxidation sites excluding steroid dienone is 2. The van der Waals surface area contributed by atoms with Gasteiger partial charge in [0.25, 0.3) is 5.70 Å². The summed E-state index contributed by atoms with van der Waals surface area (Å²) in [7, 11) is 3.25. The molecule has 0 saturated heterocycles.